The molecule has 0 spiro atoms. The van der Waals surface area contributed by atoms with Crippen molar-refractivity contribution in [3.05, 3.63) is 35.9 Å². The molecule has 2 aromatic rings. The van der Waals surface area contributed by atoms with Gasteiger partial charge in [-0.1, -0.05) is 0 Å². The molecule has 1 N–H and O–H groups in total. The van der Waals surface area contributed by atoms with Crippen molar-refractivity contribution < 1.29 is 18.5 Å². The zero-order chi connectivity index (χ0) is 13.1. The SMILES string of the molecule is Cn1cc(CCS(=O)c2ccc(C(=O)O)o2)cn1. The maximum absolute atomic E-state index is 11.9. The normalized spacial score (nSPS) is 12.5. The van der Waals surface area contributed by atoms with Crippen LogP contribution in [-0.4, -0.2) is 30.8 Å². The van der Waals surface area contributed by atoms with Crippen LogP contribution >= 0.6 is 0 Å². The number of rotatable bonds is 5. The Morgan fingerprint density at radius 2 is 2.33 bits per heavy atom. The van der Waals surface area contributed by atoms with E-state index in [9.17, 15) is 9.00 Å². The lowest BCUT2D eigenvalue weighted by Crippen LogP contribution is -2.00. The molecule has 1 atom stereocenters. The quantitative estimate of drug-likeness (QED) is 0.876. The van der Waals surface area contributed by atoms with Crippen molar-refractivity contribution >= 4 is 16.8 Å². The van der Waals surface area contributed by atoms with Crippen LogP contribution in [0.1, 0.15) is 16.1 Å². The molecule has 18 heavy (non-hydrogen) atoms. The lowest BCUT2D eigenvalue weighted by Gasteiger charge is -1.96. The Bertz CT molecular complexity index is 587. The van der Waals surface area contributed by atoms with Gasteiger partial charge in [-0.3, -0.25) is 8.89 Å². The van der Waals surface area contributed by atoms with E-state index < -0.39 is 16.8 Å². The highest BCUT2D eigenvalue weighted by molar-refractivity contribution is 7.84. The van der Waals surface area contributed by atoms with E-state index in [2.05, 4.69) is 5.10 Å². The van der Waals surface area contributed by atoms with Gasteiger partial charge in [0.15, 0.2) is 5.09 Å². The molecule has 0 radical (unpaired) electrons. The summed E-state index contributed by atoms with van der Waals surface area (Å²) < 4.78 is 18.5. The topological polar surface area (TPSA) is 85.3 Å². The molecule has 1 unspecified atom stereocenters. The van der Waals surface area contributed by atoms with Crippen LogP contribution in [0, 0.1) is 0 Å². The van der Waals surface area contributed by atoms with E-state index >= 15 is 0 Å². The van der Waals surface area contributed by atoms with Gasteiger partial charge < -0.3 is 9.52 Å². The fourth-order valence-electron chi connectivity index (χ4n) is 1.47. The smallest absolute Gasteiger partial charge is 0.371 e. The number of nitrogens with zero attached hydrogens (tertiary/aromatic N) is 2. The first-order valence-electron chi connectivity index (χ1n) is 5.25. The van der Waals surface area contributed by atoms with Crippen LogP contribution in [0.3, 0.4) is 0 Å². The minimum atomic E-state index is -1.34. The Hall–Kier alpha value is -1.89. The fraction of sp³-hybridized carbons (Fsp3) is 0.273. The molecule has 0 aromatic carbocycles. The van der Waals surface area contributed by atoms with Crippen molar-refractivity contribution in [3.8, 4) is 0 Å². The van der Waals surface area contributed by atoms with Gasteiger partial charge in [0.25, 0.3) is 0 Å². The van der Waals surface area contributed by atoms with Gasteiger partial charge >= 0.3 is 5.97 Å². The minimum Gasteiger partial charge on any atom is -0.475 e. The van der Waals surface area contributed by atoms with Crippen molar-refractivity contribution in [2.45, 2.75) is 11.5 Å². The molecular weight excluding hydrogens is 256 g/mol. The highest BCUT2D eigenvalue weighted by atomic mass is 32.2. The Morgan fingerprint density at radius 3 is 2.89 bits per heavy atom. The first-order chi connectivity index (χ1) is 8.56. The average molecular weight is 268 g/mol. The van der Waals surface area contributed by atoms with Crippen molar-refractivity contribution in [2.24, 2.45) is 7.05 Å². The summed E-state index contributed by atoms with van der Waals surface area (Å²) in [5.41, 5.74) is 0.982. The zero-order valence-electron chi connectivity index (χ0n) is 9.70. The fourth-order valence-corrected chi connectivity index (χ4v) is 2.49. The lowest BCUT2D eigenvalue weighted by molar-refractivity contribution is 0.0656. The van der Waals surface area contributed by atoms with E-state index in [0.29, 0.717) is 12.2 Å². The predicted molar refractivity (Wildman–Crippen MR) is 63.9 cm³/mol. The van der Waals surface area contributed by atoms with Crippen LogP contribution in [0.5, 0.6) is 0 Å². The molecule has 0 saturated heterocycles. The van der Waals surface area contributed by atoms with Crippen molar-refractivity contribution in [3.63, 3.8) is 0 Å². The molecule has 0 aliphatic heterocycles. The molecule has 7 heteroatoms. The summed E-state index contributed by atoms with van der Waals surface area (Å²) in [6, 6.07) is 2.74. The van der Waals surface area contributed by atoms with Gasteiger partial charge in [-0.25, -0.2) is 4.79 Å². The number of aryl methyl sites for hydroxylation is 2. The largest absolute Gasteiger partial charge is 0.475 e. The Labute approximate surface area is 106 Å². The van der Waals surface area contributed by atoms with E-state index in [-0.39, 0.29) is 10.9 Å². The van der Waals surface area contributed by atoms with E-state index in [4.69, 9.17) is 9.52 Å². The van der Waals surface area contributed by atoms with Crippen LogP contribution in [-0.2, 0) is 24.3 Å². The van der Waals surface area contributed by atoms with Crippen LogP contribution in [0.2, 0.25) is 0 Å². The van der Waals surface area contributed by atoms with Crippen LogP contribution < -0.4 is 0 Å². The van der Waals surface area contributed by atoms with Gasteiger partial charge in [0, 0.05) is 19.0 Å². The molecule has 96 valence electrons. The van der Waals surface area contributed by atoms with Gasteiger partial charge in [0.1, 0.15) is 0 Å². The Kier molecular flexibility index (Phi) is 3.61. The maximum atomic E-state index is 11.9. The van der Waals surface area contributed by atoms with Gasteiger partial charge in [0.05, 0.1) is 17.0 Å². The van der Waals surface area contributed by atoms with E-state index in [0.717, 1.165) is 5.56 Å². The summed E-state index contributed by atoms with van der Waals surface area (Å²) in [6.07, 6.45) is 4.16. The van der Waals surface area contributed by atoms with Crippen molar-refractivity contribution in [2.75, 3.05) is 5.75 Å². The molecule has 0 aliphatic rings. The zero-order valence-corrected chi connectivity index (χ0v) is 10.5. The van der Waals surface area contributed by atoms with Gasteiger partial charge in [-0.15, -0.1) is 0 Å². The number of carboxylic acid groups (broad SMARTS) is 1. The standard InChI is InChI=1S/C11H12N2O4S/c1-13-7-8(6-12-13)4-5-18(16)10-3-2-9(17-10)11(14)15/h2-3,6-7H,4-5H2,1H3,(H,14,15). The third kappa shape index (κ3) is 2.86. The number of carboxylic acids is 1. The molecule has 6 nitrogen and oxygen atoms in total. The van der Waals surface area contributed by atoms with Crippen LogP contribution in [0.25, 0.3) is 0 Å². The third-order valence-electron chi connectivity index (χ3n) is 2.35. The molecule has 0 bridgehead atoms. The highest BCUT2D eigenvalue weighted by Crippen LogP contribution is 2.13. The first-order valence-corrected chi connectivity index (χ1v) is 6.57. The molecule has 2 heterocycles. The predicted octanol–water partition coefficient (Wildman–Crippen LogP) is 1.06. The Morgan fingerprint density at radius 1 is 1.56 bits per heavy atom. The number of aromatic nitrogens is 2. The summed E-state index contributed by atoms with van der Waals surface area (Å²) >= 11 is 0. The second-order valence-corrected chi connectivity index (χ2v) is 5.25. The van der Waals surface area contributed by atoms with Gasteiger partial charge in [0.2, 0.25) is 5.76 Å². The molecule has 2 rings (SSSR count). The monoisotopic (exact) mass is 268 g/mol. The number of carbonyl (C=O) groups is 1. The lowest BCUT2D eigenvalue weighted by atomic mass is 10.3. The summed E-state index contributed by atoms with van der Waals surface area (Å²) in [4.78, 5) is 10.6. The van der Waals surface area contributed by atoms with Gasteiger partial charge in [-0.05, 0) is 24.1 Å². The summed E-state index contributed by atoms with van der Waals surface area (Å²) in [5, 5.41) is 12.9. The second kappa shape index (κ2) is 5.18. The number of aromatic carboxylic acids is 1. The molecule has 0 amide bonds. The maximum Gasteiger partial charge on any atom is 0.371 e. The van der Waals surface area contributed by atoms with E-state index in [1.54, 1.807) is 10.9 Å². The summed E-state index contributed by atoms with van der Waals surface area (Å²) in [7, 11) is 0.474. The summed E-state index contributed by atoms with van der Waals surface area (Å²) in [6.45, 7) is 0. The molecule has 0 aliphatic carbocycles. The minimum absolute atomic E-state index is 0.191. The second-order valence-electron chi connectivity index (χ2n) is 3.75. The first kappa shape index (κ1) is 12.6. The molecular formula is C11H12N2O4S. The van der Waals surface area contributed by atoms with E-state index in [1.807, 2.05) is 13.2 Å². The van der Waals surface area contributed by atoms with Crippen molar-refractivity contribution in [1.82, 2.24) is 9.78 Å². The number of hydrogen-bond donors (Lipinski definition) is 1. The average Bonchev–Trinajstić information content (AvgIpc) is 2.94. The number of hydrogen-bond acceptors (Lipinski definition) is 4. The van der Waals surface area contributed by atoms with Crippen LogP contribution in [0.4, 0.5) is 0 Å². The molecule has 2 aromatic heterocycles. The van der Waals surface area contributed by atoms with E-state index in [1.165, 1.54) is 12.1 Å². The molecule has 0 saturated carbocycles. The van der Waals surface area contributed by atoms with Gasteiger partial charge in [-0.2, -0.15) is 5.10 Å². The number of furan rings is 1. The molecule has 0 fully saturated rings. The highest BCUT2D eigenvalue weighted by Gasteiger charge is 2.13. The van der Waals surface area contributed by atoms with Crippen LogP contribution in [0.15, 0.2) is 34.0 Å². The third-order valence-corrected chi connectivity index (χ3v) is 3.59. The van der Waals surface area contributed by atoms with Crippen molar-refractivity contribution in [1.29, 1.82) is 0 Å². The summed E-state index contributed by atoms with van der Waals surface area (Å²) in [5.74, 6) is -0.983. The Balaban J connectivity index is 1.97.